The molecule has 0 amide bonds. The standard InChI is InChI=1S/C14H24N4/c1-3-12-5-4-7-18(8-6-12)14-11-16-13(9-15-2)10-17-14/h10-12,15H,3-9H2,1-2H3. The van der Waals surface area contributed by atoms with E-state index in [-0.39, 0.29) is 0 Å². The van der Waals surface area contributed by atoms with Crippen LogP contribution in [0.25, 0.3) is 0 Å². The SMILES string of the molecule is CCC1CCCN(c2cnc(CNC)cn2)CC1. The zero-order chi connectivity index (χ0) is 12.8. The van der Waals surface area contributed by atoms with Gasteiger partial charge in [0.1, 0.15) is 5.82 Å². The number of nitrogens with one attached hydrogen (secondary N) is 1. The van der Waals surface area contributed by atoms with E-state index in [0.717, 1.165) is 37.1 Å². The van der Waals surface area contributed by atoms with E-state index in [1.807, 2.05) is 19.4 Å². The summed E-state index contributed by atoms with van der Waals surface area (Å²) in [5.74, 6) is 1.93. The number of nitrogens with zero attached hydrogens (tertiary/aromatic N) is 3. The third-order valence-corrected chi connectivity index (χ3v) is 3.80. The van der Waals surface area contributed by atoms with Gasteiger partial charge in [0.15, 0.2) is 0 Å². The molecule has 1 aliphatic heterocycles. The molecule has 0 spiro atoms. The Labute approximate surface area is 110 Å². The van der Waals surface area contributed by atoms with Crippen molar-refractivity contribution in [2.24, 2.45) is 5.92 Å². The van der Waals surface area contributed by atoms with Gasteiger partial charge in [-0.2, -0.15) is 0 Å². The fourth-order valence-corrected chi connectivity index (χ4v) is 2.59. The molecule has 1 atom stereocenters. The second-order valence-corrected chi connectivity index (χ2v) is 5.09. The van der Waals surface area contributed by atoms with Crippen LogP contribution in [0.1, 0.15) is 38.3 Å². The molecule has 0 saturated carbocycles. The fourth-order valence-electron chi connectivity index (χ4n) is 2.59. The summed E-state index contributed by atoms with van der Waals surface area (Å²) in [6, 6.07) is 0. The molecule has 100 valence electrons. The monoisotopic (exact) mass is 248 g/mol. The maximum atomic E-state index is 4.54. The first-order valence-electron chi connectivity index (χ1n) is 7.04. The van der Waals surface area contributed by atoms with E-state index in [0.29, 0.717) is 0 Å². The third-order valence-electron chi connectivity index (χ3n) is 3.80. The Morgan fingerprint density at radius 1 is 1.28 bits per heavy atom. The Bertz CT molecular complexity index is 349. The van der Waals surface area contributed by atoms with Crippen molar-refractivity contribution >= 4 is 5.82 Å². The molecule has 1 aliphatic rings. The molecule has 4 nitrogen and oxygen atoms in total. The van der Waals surface area contributed by atoms with E-state index < -0.39 is 0 Å². The summed E-state index contributed by atoms with van der Waals surface area (Å²) in [4.78, 5) is 11.4. The van der Waals surface area contributed by atoms with Crippen LogP contribution in [-0.4, -0.2) is 30.1 Å². The van der Waals surface area contributed by atoms with Crippen molar-refractivity contribution in [1.29, 1.82) is 0 Å². The third kappa shape index (κ3) is 3.42. The average molecular weight is 248 g/mol. The van der Waals surface area contributed by atoms with Crippen LogP contribution in [0.3, 0.4) is 0 Å². The molecule has 1 fully saturated rings. The van der Waals surface area contributed by atoms with Crippen LogP contribution in [-0.2, 0) is 6.54 Å². The highest BCUT2D eigenvalue weighted by molar-refractivity contribution is 5.35. The topological polar surface area (TPSA) is 41.1 Å². The highest BCUT2D eigenvalue weighted by atomic mass is 15.2. The molecule has 0 aliphatic carbocycles. The molecule has 0 aromatic carbocycles. The zero-order valence-corrected chi connectivity index (χ0v) is 11.5. The van der Waals surface area contributed by atoms with Crippen LogP contribution < -0.4 is 10.2 Å². The van der Waals surface area contributed by atoms with Gasteiger partial charge in [0.05, 0.1) is 18.1 Å². The van der Waals surface area contributed by atoms with Crippen molar-refractivity contribution in [2.45, 2.75) is 39.2 Å². The predicted octanol–water partition coefficient (Wildman–Crippen LogP) is 2.21. The molecule has 1 saturated heterocycles. The van der Waals surface area contributed by atoms with Crippen LogP contribution in [0, 0.1) is 5.92 Å². The number of hydrogen-bond donors (Lipinski definition) is 1. The Hall–Kier alpha value is -1.16. The lowest BCUT2D eigenvalue weighted by molar-refractivity contribution is 0.459. The summed E-state index contributed by atoms with van der Waals surface area (Å²) in [6.45, 7) is 5.33. The van der Waals surface area contributed by atoms with E-state index in [9.17, 15) is 0 Å². The molecule has 1 N–H and O–H groups in total. The number of aromatic nitrogens is 2. The van der Waals surface area contributed by atoms with E-state index in [1.54, 1.807) is 0 Å². The van der Waals surface area contributed by atoms with Crippen molar-refractivity contribution in [3.8, 4) is 0 Å². The highest BCUT2D eigenvalue weighted by Crippen LogP contribution is 2.22. The molecule has 1 aromatic rings. The Morgan fingerprint density at radius 3 is 2.83 bits per heavy atom. The first-order valence-corrected chi connectivity index (χ1v) is 7.04. The molecule has 0 bridgehead atoms. The second kappa shape index (κ2) is 6.69. The first kappa shape index (κ1) is 13.3. The van der Waals surface area contributed by atoms with Gasteiger partial charge in [0.25, 0.3) is 0 Å². The van der Waals surface area contributed by atoms with Crippen LogP contribution in [0.2, 0.25) is 0 Å². The van der Waals surface area contributed by atoms with Gasteiger partial charge in [0.2, 0.25) is 0 Å². The maximum absolute atomic E-state index is 4.54. The minimum absolute atomic E-state index is 0.783. The Morgan fingerprint density at radius 2 is 2.17 bits per heavy atom. The van der Waals surface area contributed by atoms with Crippen molar-refractivity contribution in [2.75, 3.05) is 25.0 Å². The fraction of sp³-hybridized carbons (Fsp3) is 0.714. The van der Waals surface area contributed by atoms with Crippen molar-refractivity contribution in [3.63, 3.8) is 0 Å². The van der Waals surface area contributed by atoms with Crippen molar-refractivity contribution < 1.29 is 0 Å². The summed E-state index contributed by atoms with van der Waals surface area (Å²) in [7, 11) is 1.93. The van der Waals surface area contributed by atoms with Crippen LogP contribution in [0.15, 0.2) is 12.4 Å². The second-order valence-electron chi connectivity index (χ2n) is 5.09. The van der Waals surface area contributed by atoms with Crippen LogP contribution >= 0.6 is 0 Å². The summed E-state index contributed by atoms with van der Waals surface area (Å²) in [6.07, 6.45) is 9.03. The van der Waals surface area contributed by atoms with E-state index in [1.165, 1.54) is 25.7 Å². The molecular weight excluding hydrogens is 224 g/mol. The normalized spacial score (nSPS) is 20.8. The van der Waals surface area contributed by atoms with Gasteiger partial charge in [0, 0.05) is 19.6 Å². The number of anilines is 1. The number of rotatable bonds is 4. The Kier molecular flexibility index (Phi) is 4.93. The molecule has 2 heterocycles. The lowest BCUT2D eigenvalue weighted by Gasteiger charge is -2.21. The lowest BCUT2D eigenvalue weighted by atomic mass is 9.98. The maximum Gasteiger partial charge on any atom is 0.147 e. The minimum Gasteiger partial charge on any atom is -0.355 e. The van der Waals surface area contributed by atoms with Gasteiger partial charge in [-0.3, -0.25) is 4.98 Å². The molecular formula is C14H24N4. The van der Waals surface area contributed by atoms with Gasteiger partial charge in [-0.05, 0) is 32.2 Å². The van der Waals surface area contributed by atoms with E-state index in [4.69, 9.17) is 0 Å². The van der Waals surface area contributed by atoms with Gasteiger partial charge in [-0.1, -0.05) is 13.3 Å². The molecule has 2 rings (SSSR count). The Balaban J connectivity index is 1.98. The van der Waals surface area contributed by atoms with Gasteiger partial charge in [-0.15, -0.1) is 0 Å². The highest BCUT2D eigenvalue weighted by Gasteiger charge is 2.16. The van der Waals surface area contributed by atoms with E-state index in [2.05, 4.69) is 27.1 Å². The predicted molar refractivity (Wildman–Crippen MR) is 74.6 cm³/mol. The molecule has 18 heavy (non-hydrogen) atoms. The van der Waals surface area contributed by atoms with Gasteiger partial charge < -0.3 is 10.2 Å². The zero-order valence-electron chi connectivity index (χ0n) is 11.5. The molecule has 4 heteroatoms. The molecule has 1 aromatic heterocycles. The van der Waals surface area contributed by atoms with Crippen molar-refractivity contribution in [3.05, 3.63) is 18.1 Å². The van der Waals surface area contributed by atoms with Gasteiger partial charge >= 0.3 is 0 Å². The smallest absolute Gasteiger partial charge is 0.147 e. The van der Waals surface area contributed by atoms with E-state index >= 15 is 0 Å². The molecule has 1 unspecified atom stereocenters. The first-order chi connectivity index (χ1) is 8.83. The van der Waals surface area contributed by atoms with Crippen LogP contribution in [0.5, 0.6) is 0 Å². The lowest BCUT2D eigenvalue weighted by Crippen LogP contribution is -2.25. The van der Waals surface area contributed by atoms with Crippen LogP contribution in [0.4, 0.5) is 5.82 Å². The summed E-state index contributed by atoms with van der Waals surface area (Å²) >= 11 is 0. The summed E-state index contributed by atoms with van der Waals surface area (Å²) in [5, 5.41) is 3.09. The average Bonchev–Trinajstić information content (AvgIpc) is 2.65. The largest absolute Gasteiger partial charge is 0.355 e. The summed E-state index contributed by atoms with van der Waals surface area (Å²) < 4.78 is 0. The van der Waals surface area contributed by atoms with Gasteiger partial charge in [-0.25, -0.2) is 4.98 Å². The minimum atomic E-state index is 0.783. The molecule has 0 radical (unpaired) electrons. The quantitative estimate of drug-likeness (QED) is 0.887. The number of hydrogen-bond acceptors (Lipinski definition) is 4. The summed E-state index contributed by atoms with van der Waals surface area (Å²) in [5.41, 5.74) is 1.00. The van der Waals surface area contributed by atoms with Crippen molar-refractivity contribution in [1.82, 2.24) is 15.3 Å².